The Bertz CT molecular complexity index is 2320. The van der Waals surface area contributed by atoms with Crippen molar-refractivity contribution in [3.05, 3.63) is 134 Å². The topological polar surface area (TPSA) is 120 Å². The second-order valence-electron chi connectivity index (χ2n) is 13.9. The van der Waals surface area contributed by atoms with Gasteiger partial charge < -0.3 is 28.9 Å². The number of nitrogens with one attached hydrogen (secondary N) is 2. The third-order valence-electron chi connectivity index (χ3n) is 10.2. The van der Waals surface area contributed by atoms with Gasteiger partial charge in [-0.25, -0.2) is 19.9 Å². The van der Waals surface area contributed by atoms with E-state index in [1.54, 1.807) is 12.7 Å². The van der Waals surface area contributed by atoms with E-state index in [-0.39, 0.29) is 12.2 Å². The number of hydrogen-bond acceptors (Lipinski definition) is 10. The van der Waals surface area contributed by atoms with E-state index < -0.39 is 0 Å². The highest BCUT2D eigenvalue weighted by Crippen LogP contribution is 2.44. The molecule has 2 atom stereocenters. The van der Waals surface area contributed by atoms with Gasteiger partial charge in [0.15, 0.2) is 0 Å². The molecule has 0 unspecified atom stereocenters. The molecule has 2 fully saturated rings. The van der Waals surface area contributed by atoms with Gasteiger partial charge in [-0.05, 0) is 36.8 Å². The van der Waals surface area contributed by atoms with Crippen molar-refractivity contribution in [1.82, 2.24) is 19.9 Å². The summed E-state index contributed by atoms with van der Waals surface area (Å²) in [5.74, 6) is 3.18. The zero-order valence-corrected chi connectivity index (χ0v) is 30.9. The number of benzene rings is 4. The third kappa shape index (κ3) is 7.49. The summed E-state index contributed by atoms with van der Waals surface area (Å²) in [4.78, 5) is 17.9. The number of furan rings is 2. The Morgan fingerprint density at radius 2 is 0.839 bits per heavy atom. The van der Waals surface area contributed by atoms with Gasteiger partial charge in [-0.15, -0.1) is 0 Å². The van der Waals surface area contributed by atoms with Gasteiger partial charge in [0.2, 0.25) is 11.4 Å². The highest BCUT2D eigenvalue weighted by Gasteiger charge is 2.25. The summed E-state index contributed by atoms with van der Waals surface area (Å²) >= 11 is 0. The van der Waals surface area contributed by atoms with Crippen LogP contribution in [0.1, 0.15) is 25.7 Å². The number of nitrogens with zero attached hydrogens (tertiary/aromatic N) is 4. The summed E-state index contributed by atoms with van der Waals surface area (Å²) in [7, 11) is 0. The maximum Gasteiger partial charge on any atom is 0.232 e. The SMILES string of the molecule is c1ccc(-c2oc3ncnc(NC[C@@H]4CCCO4)c3c2-c2ccccc2)cc1.c1ccc(-c2oc3ncnc(NC[C@@H]4CCCO4)c3c2-c2ccccc2)cc1. The zero-order valence-electron chi connectivity index (χ0n) is 30.9. The molecule has 280 valence electrons. The molecule has 0 bridgehead atoms. The summed E-state index contributed by atoms with van der Waals surface area (Å²) in [5.41, 5.74) is 7.39. The van der Waals surface area contributed by atoms with Gasteiger partial charge in [-0.3, -0.25) is 0 Å². The minimum absolute atomic E-state index is 0.227. The van der Waals surface area contributed by atoms with Crippen molar-refractivity contribution in [3.8, 4) is 44.9 Å². The van der Waals surface area contributed by atoms with Gasteiger partial charge in [0.05, 0.1) is 23.0 Å². The Kier molecular flexibility index (Phi) is 10.5. The quantitative estimate of drug-likeness (QED) is 0.140. The van der Waals surface area contributed by atoms with Crippen LogP contribution in [0.2, 0.25) is 0 Å². The largest absolute Gasteiger partial charge is 0.437 e. The van der Waals surface area contributed by atoms with Crippen LogP contribution in [0.25, 0.3) is 67.1 Å². The minimum atomic E-state index is 0.227. The Balaban J connectivity index is 0.000000146. The lowest BCUT2D eigenvalue weighted by molar-refractivity contribution is 0.120. The zero-order chi connectivity index (χ0) is 37.5. The summed E-state index contributed by atoms with van der Waals surface area (Å²) in [6, 6.07) is 40.8. The molecule has 0 radical (unpaired) electrons. The molecular weight excluding hydrogens is 701 g/mol. The van der Waals surface area contributed by atoms with Crippen molar-refractivity contribution in [2.45, 2.75) is 37.9 Å². The van der Waals surface area contributed by atoms with E-state index in [0.717, 1.165) is 119 Å². The summed E-state index contributed by atoms with van der Waals surface area (Å²) in [5, 5.41) is 8.75. The number of hydrogen-bond donors (Lipinski definition) is 2. The number of anilines is 2. The predicted molar refractivity (Wildman–Crippen MR) is 220 cm³/mol. The van der Waals surface area contributed by atoms with Gasteiger partial charge in [0, 0.05) is 48.6 Å². The van der Waals surface area contributed by atoms with Crippen molar-refractivity contribution >= 4 is 33.8 Å². The summed E-state index contributed by atoms with van der Waals surface area (Å²) in [6.45, 7) is 3.13. The van der Waals surface area contributed by atoms with Crippen molar-refractivity contribution in [3.63, 3.8) is 0 Å². The monoisotopic (exact) mass is 742 g/mol. The predicted octanol–water partition coefficient (Wildman–Crippen LogP) is 10.3. The Hall–Kier alpha value is -6.36. The molecule has 56 heavy (non-hydrogen) atoms. The van der Waals surface area contributed by atoms with Gasteiger partial charge in [-0.1, -0.05) is 121 Å². The lowest BCUT2D eigenvalue weighted by atomic mass is 9.99. The van der Waals surface area contributed by atoms with Crippen LogP contribution in [0.15, 0.2) is 143 Å². The lowest BCUT2D eigenvalue weighted by Gasteiger charge is -2.12. The van der Waals surface area contributed by atoms with Crippen molar-refractivity contribution < 1.29 is 18.3 Å². The summed E-state index contributed by atoms with van der Waals surface area (Å²) in [6.07, 6.45) is 7.94. The van der Waals surface area contributed by atoms with Gasteiger partial charge in [0.1, 0.15) is 35.8 Å². The Labute approximate surface area is 325 Å². The molecule has 2 aliphatic heterocycles. The molecule has 10 heteroatoms. The van der Waals surface area contributed by atoms with E-state index >= 15 is 0 Å². The number of ether oxygens (including phenoxy) is 2. The standard InChI is InChI=1S/2C23H21N3O2/c2*1-3-8-16(9-4-1)19-20-22(24-14-18-12-7-13-27-18)25-15-26-23(20)28-21(19)17-10-5-2-6-11-17/h2*1-6,8-11,15,18H,7,12-14H2,(H,24,25,26)/t2*18-/m00/s1. The Morgan fingerprint density at radius 1 is 0.464 bits per heavy atom. The van der Waals surface area contributed by atoms with Crippen molar-refractivity contribution in [2.75, 3.05) is 36.9 Å². The average Bonchev–Trinajstić information content (AvgIpc) is 4.11. The first-order chi connectivity index (χ1) is 27.8. The van der Waals surface area contributed by atoms with Crippen LogP contribution in [0.3, 0.4) is 0 Å². The molecule has 4 aromatic heterocycles. The van der Waals surface area contributed by atoms with Crippen molar-refractivity contribution in [2.24, 2.45) is 0 Å². The van der Waals surface area contributed by atoms with Gasteiger partial charge in [-0.2, -0.15) is 0 Å². The molecule has 2 saturated heterocycles. The van der Waals surface area contributed by atoms with E-state index in [2.05, 4.69) is 79.1 Å². The van der Waals surface area contributed by atoms with E-state index in [4.69, 9.17) is 18.3 Å². The molecule has 10 nitrogen and oxygen atoms in total. The van der Waals surface area contributed by atoms with Crippen LogP contribution < -0.4 is 10.6 Å². The van der Waals surface area contributed by atoms with Crippen LogP contribution in [0.4, 0.5) is 11.6 Å². The maximum absolute atomic E-state index is 6.23. The highest BCUT2D eigenvalue weighted by atomic mass is 16.5. The number of rotatable bonds is 10. The minimum Gasteiger partial charge on any atom is -0.437 e. The van der Waals surface area contributed by atoms with Gasteiger partial charge >= 0.3 is 0 Å². The highest BCUT2D eigenvalue weighted by molar-refractivity contribution is 6.07. The smallest absolute Gasteiger partial charge is 0.232 e. The molecule has 0 aliphatic carbocycles. The third-order valence-corrected chi connectivity index (χ3v) is 10.2. The fraction of sp³-hybridized carbons (Fsp3) is 0.217. The van der Waals surface area contributed by atoms with E-state index in [0.29, 0.717) is 11.4 Å². The van der Waals surface area contributed by atoms with Crippen molar-refractivity contribution in [1.29, 1.82) is 0 Å². The second-order valence-corrected chi connectivity index (χ2v) is 13.9. The molecule has 2 N–H and O–H groups in total. The van der Waals surface area contributed by atoms with E-state index in [1.165, 1.54) is 0 Å². The molecule has 4 aromatic carbocycles. The molecule has 0 spiro atoms. The van der Waals surface area contributed by atoms with Crippen LogP contribution in [0.5, 0.6) is 0 Å². The average molecular weight is 743 g/mol. The van der Waals surface area contributed by atoms with Crippen LogP contribution in [0, 0.1) is 0 Å². The van der Waals surface area contributed by atoms with E-state index in [1.807, 2.05) is 72.8 Å². The van der Waals surface area contributed by atoms with E-state index in [9.17, 15) is 0 Å². The van der Waals surface area contributed by atoms with Crippen LogP contribution in [-0.4, -0.2) is 58.4 Å². The fourth-order valence-corrected chi connectivity index (χ4v) is 7.51. The van der Waals surface area contributed by atoms with Gasteiger partial charge in [0.25, 0.3) is 0 Å². The summed E-state index contributed by atoms with van der Waals surface area (Å²) < 4.78 is 24.0. The molecule has 10 rings (SSSR count). The number of fused-ring (bicyclic) bond motifs is 2. The first-order valence-corrected chi connectivity index (χ1v) is 19.3. The number of aromatic nitrogens is 4. The molecule has 8 aromatic rings. The van der Waals surface area contributed by atoms with Crippen LogP contribution >= 0.6 is 0 Å². The first kappa shape index (κ1) is 35.3. The molecule has 0 saturated carbocycles. The normalized spacial score (nSPS) is 16.5. The Morgan fingerprint density at radius 3 is 1.20 bits per heavy atom. The molecular formula is C46H42N6O4. The second kappa shape index (κ2) is 16.6. The first-order valence-electron chi connectivity index (χ1n) is 19.3. The molecule has 6 heterocycles. The molecule has 2 aliphatic rings. The maximum atomic E-state index is 6.23. The van der Waals surface area contributed by atoms with Crippen LogP contribution in [-0.2, 0) is 9.47 Å². The lowest BCUT2D eigenvalue weighted by Crippen LogP contribution is -2.19. The molecule has 0 amide bonds. The fourth-order valence-electron chi connectivity index (χ4n) is 7.51.